The maximum Gasteiger partial charge on any atom is 0.211 e. The Morgan fingerprint density at radius 2 is 2.00 bits per heavy atom. The zero-order valence-electron chi connectivity index (χ0n) is 8.34. The summed E-state index contributed by atoms with van der Waals surface area (Å²) in [5.74, 6) is 0.793. The molecule has 2 rings (SSSR count). The van der Waals surface area contributed by atoms with Crippen LogP contribution in [-0.2, 0) is 0 Å². The number of para-hydroxylation sites is 1. The third-order valence-electron chi connectivity index (χ3n) is 2.16. The van der Waals surface area contributed by atoms with Crippen molar-refractivity contribution < 1.29 is 9.84 Å². The molecule has 0 saturated heterocycles. The highest BCUT2D eigenvalue weighted by molar-refractivity contribution is 5.70. The molecule has 1 aromatic carbocycles. The predicted octanol–water partition coefficient (Wildman–Crippen LogP) is 2.46. The first-order valence-electron chi connectivity index (χ1n) is 4.59. The fourth-order valence-electron chi connectivity index (χ4n) is 1.47. The van der Waals surface area contributed by atoms with Gasteiger partial charge in [0.15, 0.2) is 0 Å². The van der Waals surface area contributed by atoms with E-state index in [0.29, 0.717) is 0 Å². The molecular weight excluding hydrogens is 190 g/mol. The van der Waals surface area contributed by atoms with Gasteiger partial charge in [0, 0.05) is 17.8 Å². The zero-order valence-corrected chi connectivity index (χ0v) is 8.34. The summed E-state index contributed by atoms with van der Waals surface area (Å²) in [5, 5.41) is 9.29. The number of hydrogen-bond donors (Lipinski definition) is 1. The van der Waals surface area contributed by atoms with Crippen molar-refractivity contribution in [3.63, 3.8) is 0 Å². The van der Waals surface area contributed by atoms with E-state index >= 15 is 0 Å². The molecular formula is C12H11NO2. The van der Waals surface area contributed by atoms with Crippen LogP contribution in [0.3, 0.4) is 0 Å². The molecule has 0 spiro atoms. The molecule has 0 aliphatic carbocycles. The molecule has 0 atom stereocenters. The first-order valence-corrected chi connectivity index (χ1v) is 4.59. The van der Waals surface area contributed by atoms with Gasteiger partial charge in [-0.2, -0.15) is 0 Å². The van der Waals surface area contributed by atoms with Gasteiger partial charge >= 0.3 is 0 Å². The van der Waals surface area contributed by atoms with Crippen LogP contribution in [0.5, 0.6) is 11.6 Å². The highest BCUT2D eigenvalue weighted by atomic mass is 16.5. The fourth-order valence-corrected chi connectivity index (χ4v) is 1.47. The third-order valence-corrected chi connectivity index (χ3v) is 2.16. The third kappa shape index (κ3) is 1.91. The van der Waals surface area contributed by atoms with Gasteiger partial charge in [-0.1, -0.05) is 18.2 Å². The van der Waals surface area contributed by atoms with Gasteiger partial charge < -0.3 is 9.84 Å². The van der Waals surface area contributed by atoms with Crippen molar-refractivity contribution >= 4 is 0 Å². The van der Waals surface area contributed by atoms with Gasteiger partial charge in [0.05, 0.1) is 7.11 Å². The number of benzene rings is 1. The lowest BCUT2D eigenvalue weighted by Crippen LogP contribution is -1.87. The second-order valence-electron chi connectivity index (χ2n) is 3.10. The summed E-state index contributed by atoms with van der Waals surface area (Å²) in [6.07, 6.45) is 1.57. The van der Waals surface area contributed by atoms with Crippen LogP contribution in [0.25, 0.3) is 11.1 Å². The van der Waals surface area contributed by atoms with Gasteiger partial charge in [0.25, 0.3) is 0 Å². The van der Waals surface area contributed by atoms with Crippen LogP contribution >= 0.6 is 0 Å². The molecule has 2 aromatic rings. The molecule has 1 N–H and O–H groups in total. The van der Waals surface area contributed by atoms with E-state index in [1.54, 1.807) is 19.4 Å². The largest absolute Gasteiger partial charge is 0.496 e. The van der Waals surface area contributed by atoms with Crippen LogP contribution in [0.1, 0.15) is 0 Å². The Hall–Kier alpha value is -2.03. The minimum Gasteiger partial charge on any atom is -0.496 e. The smallest absolute Gasteiger partial charge is 0.211 e. The number of methoxy groups -OCH3 is 1. The first kappa shape index (κ1) is 9.52. The standard InChI is InChI=1S/C12H11NO2/c1-15-11-5-3-2-4-10(11)9-6-7-13-12(14)8-9/h2-8H,1H3,(H,13,14). The van der Waals surface area contributed by atoms with Crippen molar-refractivity contribution in [2.45, 2.75) is 0 Å². The van der Waals surface area contributed by atoms with E-state index in [9.17, 15) is 5.11 Å². The van der Waals surface area contributed by atoms with Crippen LogP contribution in [0, 0.1) is 0 Å². The number of nitrogens with zero attached hydrogens (tertiary/aromatic N) is 1. The van der Waals surface area contributed by atoms with Crippen molar-refractivity contribution in [1.82, 2.24) is 4.98 Å². The summed E-state index contributed by atoms with van der Waals surface area (Å²) in [4.78, 5) is 3.74. The van der Waals surface area contributed by atoms with E-state index in [0.717, 1.165) is 16.9 Å². The van der Waals surface area contributed by atoms with Crippen molar-refractivity contribution in [3.05, 3.63) is 42.6 Å². The summed E-state index contributed by atoms with van der Waals surface area (Å²) in [6, 6.07) is 11.1. The van der Waals surface area contributed by atoms with Gasteiger partial charge in [-0.05, 0) is 17.7 Å². The Kier molecular flexibility index (Phi) is 2.54. The Morgan fingerprint density at radius 1 is 1.20 bits per heavy atom. The molecule has 0 bridgehead atoms. The lowest BCUT2D eigenvalue weighted by atomic mass is 10.1. The van der Waals surface area contributed by atoms with Crippen LogP contribution in [0.2, 0.25) is 0 Å². The van der Waals surface area contributed by atoms with Crippen molar-refractivity contribution in [1.29, 1.82) is 0 Å². The molecule has 76 valence electrons. The molecule has 0 radical (unpaired) electrons. The number of rotatable bonds is 2. The van der Waals surface area contributed by atoms with Crippen LogP contribution in [0.15, 0.2) is 42.6 Å². The Labute approximate surface area is 88.0 Å². The van der Waals surface area contributed by atoms with Crippen LogP contribution < -0.4 is 4.74 Å². The number of ether oxygens (including phenoxy) is 1. The zero-order chi connectivity index (χ0) is 10.7. The predicted molar refractivity (Wildman–Crippen MR) is 57.9 cm³/mol. The van der Waals surface area contributed by atoms with E-state index in [2.05, 4.69) is 4.98 Å². The summed E-state index contributed by atoms with van der Waals surface area (Å²) in [6.45, 7) is 0. The van der Waals surface area contributed by atoms with Gasteiger partial charge in [0.2, 0.25) is 5.88 Å². The van der Waals surface area contributed by atoms with Gasteiger partial charge in [0.1, 0.15) is 5.75 Å². The molecule has 3 nitrogen and oxygen atoms in total. The minimum absolute atomic E-state index is 0.0124. The van der Waals surface area contributed by atoms with E-state index < -0.39 is 0 Å². The molecule has 3 heteroatoms. The number of hydrogen-bond acceptors (Lipinski definition) is 3. The second kappa shape index (κ2) is 4.00. The van der Waals surface area contributed by atoms with Crippen molar-refractivity contribution in [3.8, 4) is 22.8 Å². The van der Waals surface area contributed by atoms with Gasteiger partial charge in [-0.3, -0.25) is 0 Å². The average Bonchev–Trinajstić information content (AvgIpc) is 2.29. The molecule has 0 saturated carbocycles. The number of aromatic hydroxyl groups is 1. The lowest BCUT2D eigenvalue weighted by molar-refractivity contribution is 0.416. The van der Waals surface area contributed by atoms with Gasteiger partial charge in [-0.25, -0.2) is 4.98 Å². The molecule has 0 aliphatic rings. The summed E-state index contributed by atoms with van der Waals surface area (Å²) in [7, 11) is 1.62. The maximum atomic E-state index is 9.29. The van der Waals surface area contributed by atoms with E-state index in [1.807, 2.05) is 30.3 Å². The maximum absolute atomic E-state index is 9.29. The summed E-state index contributed by atoms with van der Waals surface area (Å²) < 4.78 is 5.24. The number of pyridine rings is 1. The topological polar surface area (TPSA) is 42.4 Å². The summed E-state index contributed by atoms with van der Waals surface area (Å²) in [5.41, 5.74) is 1.83. The van der Waals surface area contributed by atoms with Crippen molar-refractivity contribution in [2.75, 3.05) is 7.11 Å². The average molecular weight is 201 g/mol. The fraction of sp³-hybridized carbons (Fsp3) is 0.0833. The number of aromatic nitrogens is 1. The van der Waals surface area contributed by atoms with Crippen LogP contribution in [-0.4, -0.2) is 17.2 Å². The quantitative estimate of drug-likeness (QED) is 0.811. The molecule has 1 heterocycles. The second-order valence-corrected chi connectivity index (χ2v) is 3.10. The molecule has 0 amide bonds. The molecule has 0 aliphatic heterocycles. The minimum atomic E-state index is 0.0124. The Balaban J connectivity index is 2.53. The SMILES string of the molecule is COc1ccccc1-c1ccnc(O)c1. The molecule has 0 unspecified atom stereocenters. The van der Waals surface area contributed by atoms with E-state index in [1.165, 1.54) is 0 Å². The first-order chi connectivity index (χ1) is 7.31. The van der Waals surface area contributed by atoms with Crippen LogP contribution in [0.4, 0.5) is 0 Å². The monoisotopic (exact) mass is 201 g/mol. The highest BCUT2D eigenvalue weighted by Gasteiger charge is 2.04. The van der Waals surface area contributed by atoms with Crippen molar-refractivity contribution in [2.24, 2.45) is 0 Å². The molecule has 15 heavy (non-hydrogen) atoms. The van der Waals surface area contributed by atoms with E-state index in [4.69, 9.17) is 4.74 Å². The molecule has 1 aromatic heterocycles. The Morgan fingerprint density at radius 3 is 2.73 bits per heavy atom. The van der Waals surface area contributed by atoms with Gasteiger partial charge in [-0.15, -0.1) is 0 Å². The normalized spacial score (nSPS) is 9.93. The Bertz CT molecular complexity index is 469. The lowest BCUT2D eigenvalue weighted by Gasteiger charge is -2.07. The highest BCUT2D eigenvalue weighted by Crippen LogP contribution is 2.30. The molecule has 0 fully saturated rings. The van der Waals surface area contributed by atoms with E-state index in [-0.39, 0.29) is 5.88 Å². The summed E-state index contributed by atoms with van der Waals surface area (Å²) >= 11 is 0.